The molecule has 0 aliphatic carbocycles. The average molecular weight is 251 g/mol. The smallest absolute Gasteiger partial charge is 0.339 e. The minimum Gasteiger partial charge on any atom is -0.492 e. The Labute approximate surface area is 106 Å². The molecular formula is C13H17NO4. The van der Waals surface area contributed by atoms with Gasteiger partial charge in [0.05, 0.1) is 6.61 Å². The second-order valence-electron chi connectivity index (χ2n) is 4.43. The van der Waals surface area contributed by atoms with Crippen LogP contribution in [-0.2, 0) is 4.74 Å². The summed E-state index contributed by atoms with van der Waals surface area (Å²) in [5, 5.41) is 9.05. The van der Waals surface area contributed by atoms with E-state index in [1.807, 2.05) is 0 Å². The lowest BCUT2D eigenvalue weighted by molar-refractivity contribution is 0.0490. The van der Waals surface area contributed by atoms with E-state index in [1.54, 1.807) is 12.1 Å². The van der Waals surface area contributed by atoms with E-state index in [4.69, 9.17) is 20.3 Å². The summed E-state index contributed by atoms with van der Waals surface area (Å²) in [7, 11) is 0. The summed E-state index contributed by atoms with van der Waals surface area (Å²) >= 11 is 0. The Kier molecular flexibility index (Phi) is 4.04. The first-order valence-corrected chi connectivity index (χ1v) is 6.00. The zero-order chi connectivity index (χ0) is 13.0. The molecule has 1 aliphatic heterocycles. The third-order valence-electron chi connectivity index (χ3n) is 3.05. The fraction of sp³-hybridized carbons (Fsp3) is 0.462. The fourth-order valence-electron chi connectivity index (χ4n) is 1.96. The maximum absolute atomic E-state index is 11.0. The van der Waals surface area contributed by atoms with Crippen LogP contribution in [0, 0.1) is 5.92 Å². The summed E-state index contributed by atoms with van der Waals surface area (Å²) < 4.78 is 10.9. The minimum absolute atomic E-state index is 0.149. The molecule has 0 atom stereocenters. The molecule has 5 nitrogen and oxygen atoms in total. The van der Waals surface area contributed by atoms with Crippen LogP contribution in [0.3, 0.4) is 0 Å². The van der Waals surface area contributed by atoms with Gasteiger partial charge in [0.2, 0.25) is 0 Å². The molecule has 0 bridgehead atoms. The molecule has 0 aromatic heterocycles. The van der Waals surface area contributed by atoms with Gasteiger partial charge in [0.1, 0.15) is 11.3 Å². The Morgan fingerprint density at radius 2 is 2.17 bits per heavy atom. The third-order valence-corrected chi connectivity index (χ3v) is 3.05. The number of carboxylic acids is 1. The van der Waals surface area contributed by atoms with E-state index < -0.39 is 5.97 Å². The van der Waals surface area contributed by atoms with E-state index in [9.17, 15) is 4.79 Å². The van der Waals surface area contributed by atoms with Crippen LogP contribution in [0.25, 0.3) is 0 Å². The highest BCUT2D eigenvalue weighted by Crippen LogP contribution is 2.24. The van der Waals surface area contributed by atoms with Crippen LogP contribution >= 0.6 is 0 Å². The number of aromatic carboxylic acids is 1. The molecule has 2 rings (SSSR count). The molecule has 0 unspecified atom stereocenters. The van der Waals surface area contributed by atoms with E-state index in [0.717, 1.165) is 26.1 Å². The largest absolute Gasteiger partial charge is 0.492 e. The second kappa shape index (κ2) is 5.73. The topological polar surface area (TPSA) is 81.8 Å². The minimum atomic E-state index is -1.00. The number of nitrogen functional groups attached to an aromatic ring is 1. The lowest BCUT2D eigenvalue weighted by atomic mass is 10.0. The van der Waals surface area contributed by atoms with Gasteiger partial charge >= 0.3 is 5.97 Å². The number of carboxylic acid groups (broad SMARTS) is 1. The first-order valence-electron chi connectivity index (χ1n) is 6.00. The molecule has 1 saturated heterocycles. The molecule has 1 aromatic carbocycles. The zero-order valence-electron chi connectivity index (χ0n) is 10.1. The molecule has 0 radical (unpaired) electrons. The average Bonchev–Trinajstić information content (AvgIpc) is 2.37. The van der Waals surface area contributed by atoms with Crippen molar-refractivity contribution in [2.24, 2.45) is 5.92 Å². The Morgan fingerprint density at radius 1 is 1.44 bits per heavy atom. The van der Waals surface area contributed by atoms with E-state index in [-0.39, 0.29) is 5.56 Å². The Hall–Kier alpha value is -1.75. The van der Waals surface area contributed by atoms with Crippen molar-refractivity contribution in [1.29, 1.82) is 0 Å². The van der Waals surface area contributed by atoms with Gasteiger partial charge in [-0.15, -0.1) is 0 Å². The molecule has 1 heterocycles. The molecule has 1 aromatic rings. The molecule has 98 valence electrons. The first-order chi connectivity index (χ1) is 8.66. The van der Waals surface area contributed by atoms with Crippen molar-refractivity contribution in [1.82, 2.24) is 0 Å². The number of ether oxygens (including phenoxy) is 2. The van der Waals surface area contributed by atoms with Crippen molar-refractivity contribution in [3.63, 3.8) is 0 Å². The molecule has 0 amide bonds. The zero-order valence-corrected chi connectivity index (χ0v) is 10.1. The monoisotopic (exact) mass is 251 g/mol. The van der Waals surface area contributed by atoms with Crippen molar-refractivity contribution in [3.8, 4) is 5.75 Å². The molecular weight excluding hydrogens is 234 g/mol. The number of carbonyl (C=O) groups is 1. The van der Waals surface area contributed by atoms with Gasteiger partial charge < -0.3 is 20.3 Å². The highest BCUT2D eigenvalue weighted by molar-refractivity contribution is 5.91. The molecule has 18 heavy (non-hydrogen) atoms. The van der Waals surface area contributed by atoms with E-state index in [0.29, 0.717) is 24.0 Å². The number of benzene rings is 1. The van der Waals surface area contributed by atoms with Gasteiger partial charge in [-0.3, -0.25) is 0 Å². The molecule has 0 spiro atoms. The fourth-order valence-corrected chi connectivity index (χ4v) is 1.96. The van der Waals surface area contributed by atoms with Crippen molar-refractivity contribution in [2.75, 3.05) is 25.6 Å². The quantitative estimate of drug-likeness (QED) is 0.797. The number of hydrogen-bond donors (Lipinski definition) is 2. The Balaban J connectivity index is 2.03. The van der Waals surface area contributed by atoms with Crippen molar-refractivity contribution in [3.05, 3.63) is 23.8 Å². The highest BCUT2D eigenvalue weighted by atomic mass is 16.5. The van der Waals surface area contributed by atoms with E-state index >= 15 is 0 Å². The molecule has 1 aliphatic rings. The summed E-state index contributed by atoms with van der Waals surface area (Å²) in [5.41, 5.74) is 6.29. The predicted octanol–water partition coefficient (Wildman–Crippen LogP) is 1.77. The van der Waals surface area contributed by atoms with E-state index in [2.05, 4.69) is 0 Å². The van der Waals surface area contributed by atoms with Crippen LogP contribution in [0.15, 0.2) is 18.2 Å². The maximum atomic E-state index is 11.0. The summed E-state index contributed by atoms with van der Waals surface area (Å²) in [6.07, 6.45) is 1.90. The van der Waals surface area contributed by atoms with E-state index in [1.165, 1.54) is 6.07 Å². The van der Waals surface area contributed by atoms with Gasteiger partial charge in [0.25, 0.3) is 0 Å². The SMILES string of the molecule is Nc1ccc(C(=O)O)c(OCC2CCOCC2)c1. The first kappa shape index (κ1) is 12.7. The standard InChI is InChI=1S/C13H17NO4/c14-10-1-2-11(13(15)16)12(7-10)18-8-9-3-5-17-6-4-9/h1-2,7,9H,3-6,8,14H2,(H,15,16). The summed E-state index contributed by atoms with van der Waals surface area (Å²) in [4.78, 5) is 11.0. The lowest BCUT2D eigenvalue weighted by Crippen LogP contribution is -2.22. The van der Waals surface area contributed by atoms with Crippen LogP contribution in [0.4, 0.5) is 5.69 Å². The molecule has 5 heteroatoms. The lowest BCUT2D eigenvalue weighted by Gasteiger charge is -2.22. The Morgan fingerprint density at radius 3 is 2.83 bits per heavy atom. The van der Waals surface area contributed by atoms with Gasteiger partial charge in [-0.05, 0) is 30.9 Å². The van der Waals surface area contributed by atoms with Gasteiger partial charge in [0.15, 0.2) is 0 Å². The van der Waals surface area contributed by atoms with Crippen LogP contribution < -0.4 is 10.5 Å². The number of nitrogens with two attached hydrogens (primary N) is 1. The summed E-state index contributed by atoms with van der Waals surface area (Å²) in [6, 6.07) is 4.59. The third kappa shape index (κ3) is 3.13. The second-order valence-corrected chi connectivity index (χ2v) is 4.43. The van der Waals surface area contributed by atoms with Crippen LogP contribution in [0.2, 0.25) is 0 Å². The number of hydrogen-bond acceptors (Lipinski definition) is 4. The van der Waals surface area contributed by atoms with Gasteiger partial charge in [-0.1, -0.05) is 0 Å². The van der Waals surface area contributed by atoms with Gasteiger partial charge in [-0.25, -0.2) is 4.79 Å². The number of rotatable bonds is 4. The normalized spacial score (nSPS) is 16.4. The highest BCUT2D eigenvalue weighted by Gasteiger charge is 2.17. The predicted molar refractivity (Wildman–Crippen MR) is 66.9 cm³/mol. The van der Waals surface area contributed by atoms with Crippen LogP contribution in [0.5, 0.6) is 5.75 Å². The molecule has 0 saturated carbocycles. The van der Waals surface area contributed by atoms with Crippen LogP contribution in [0.1, 0.15) is 23.2 Å². The maximum Gasteiger partial charge on any atom is 0.339 e. The summed E-state index contributed by atoms with van der Waals surface area (Å²) in [5.74, 6) is -0.243. The van der Waals surface area contributed by atoms with Gasteiger partial charge in [-0.2, -0.15) is 0 Å². The van der Waals surface area contributed by atoms with Crippen molar-refractivity contribution >= 4 is 11.7 Å². The Bertz CT molecular complexity index is 427. The van der Waals surface area contributed by atoms with Crippen LogP contribution in [-0.4, -0.2) is 30.9 Å². The van der Waals surface area contributed by atoms with Crippen molar-refractivity contribution in [2.45, 2.75) is 12.8 Å². The van der Waals surface area contributed by atoms with Gasteiger partial charge in [0, 0.05) is 25.0 Å². The summed E-state index contributed by atoms with van der Waals surface area (Å²) in [6.45, 7) is 2.00. The molecule has 3 N–H and O–H groups in total. The number of anilines is 1. The molecule has 1 fully saturated rings. The van der Waals surface area contributed by atoms with Crippen molar-refractivity contribution < 1.29 is 19.4 Å².